The minimum absolute atomic E-state index is 0.0688. The number of fused-ring (bicyclic) bond motifs is 1. The van der Waals surface area contributed by atoms with Crippen LogP contribution in [-0.4, -0.2) is 27.5 Å². The molecule has 31 heavy (non-hydrogen) atoms. The third-order valence-corrected chi connectivity index (χ3v) is 6.82. The molecule has 1 aliphatic heterocycles. The summed E-state index contributed by atoms with van der Waals surface area (Å²) in [4.78, 5) is 12.1. The van der Waals surface area contributed by atoms with Crippen LogP contribution < -0.4 is 14.4 Å². The molecule has 6 nitrogen and oxygen atoms in total. The molecular formula is C23H21FN2O4S. The highest BCUT2D eigenvalue weighted by molar-refractivity contribution is 7.92. The second kappa shape index (κ2) is 8.77. The van der Waals surface area contributed by atoms with Gasteiger partial charge in [0.1, 0.15) is 11.6 Å². The summed E-state index contributed by atoms with van der Waals surface area (Å²) < 4.78 is 46.7. The maximum Gasteiger partial charge on any atom is 0.264 e. The number of sulfonamides is 1. The summed E-state index contributed by atoms with van der Waals surface area (Å²) in [6.07, 6.45) is 1.61. The van der Waals surface area contributed by atoms with Crippen LogP contribution in [0.5, 0.6) is 5.75 Å². The van der Waals surface area contributed by atoms with E-state index in [0.29, 0.717) is 18.0 Å². The van der Waals surface area contributed by atoms with Gasteiger partial charge in [0.15, 0.2) is 6.61 Å². The van der Waals surface area contributed by atoms with Crippen LogP contribution in [0, 0.1) is 5.82 Å². The van der Waals surface area contributed by atoms with Crippen molar-refractivity contribution < 1.29 is 22.3 Å². The van der Waals surface area contributed by atoms with Crippen LogP contribution in [0.2, 0.25) is 0 Å². The number of benzene rings is 3. The van der Waals surface area contributed by atoms with E-state index >= 15 is 0 Å². The van der Waals surface area contributed by atoms with E-state index in [1.54, 1.807) is 6.07 Å². The topological polar surface area (TPSA) is 75.7 Å². The number of rotatable bonds is 6. The molecule has 0 radical (unpaired) electrons. The van der Waals surface area contributed by atoms with Gasteiger partial charge in [-0.3, -0.25) is 9.10 Å². The molecule has 0 aliphatic carbocycles. The fraction of sp³-hybridized carbons (Fsp3) is 0.174. The third kappa shape index (κ3) is 4.54. The molecule has 0 spiro atoms. The number of amides is 1. The summed E-state index contributed by atoms with van der Waals surface area (Å²) in [5.74, 6) is -0.724. The van der Waals surface area contributed by atoms with Gasteiger partial charge in [-0.1, -0.05) is 30.3 Å². The van der Waals surface area contributed by atoms with Gasteiger partial charge < -0.3 is 10.1 Å². The Balaban J connectivity index is 1.42. The number of anilines is 2. The molecule has 0 bridgehead atoms. The highest BCUT2D eigenvalue weighted by Gasteiger charge is 2.28. The Morgan fingerprint density at radius 1 is 1.00 bits per heavy atom. The van der Waals surface area contributed by atoms with E-state index in [0.717, 1.165) is 18.4 Å². The van der Waals surface area contributed by atoms with Gasteiger partial charge in [-0.2, -0.15) is 0 Å². The third-order valence-electron chi connectivity index (χ3n) is 5.00. The summed E-state index contributed by atoms with van der Waals surface area (Å²) in [6.45, 7) is 0.0910. The van der Waals surface area contributed by atoms with E-state index in [2.05, 4.69) is 5.32 Å². The van der Waals surface area contributed by atoms with Crippen molar-refractivity contribution in [3.05, 3.63) is 84.2 Å². The average Bonchev–Trinajstić information content (AvgIpc) is 2.79. The zero-order chi connectivity index (χ0) is 21.8. The molecule has 0 aromatic heterocycles. The number of aryl methyl sites for hydroxylation is 1. The van der Waals surface area contributed by atoms with E-state index in [-0.39, 0.29) is 17.2 Å². The van der Waals surface area contributed by atoms with E-state index in [1.807, 2.05) is 24.3 Å². The number of para-hydroxylation sites is 2. The Kier molecular flexibility index (Phi) is 5.90. The van der Waals surface area contributed by atoms with Crippen molar-refractivity contribution in [3.8, 4) is 5.75 Å². The Bertz CT molecular complexity index is 1200. The van der Waals surface area contributed by atoms with Crippen molar-refractivity contribution in [2.24, 2.45) is 0 Å². The van der Waals surface area contributed by atoms with Crippen molar-refractivity contribution in [2.75, 3.05) is 22.8 Å². The summed E-state index contributed by atoms with van der Waals surface area (Å²) >= 11 is 0. The summed E-state index contributed by atoms with van der Waals surface area (Å²) in [5.41, 5.74) is 1.79. The number of carbonyl (C=O) groups excluding carboxylic acids is 1. The maximum atomic E-state index is 13.6. The number of halogens is 1. The quantitative estimate of drug-likeness (QED) is 0.629. The largest absolute Gasteiger partial charge is 0.484 e. The fourth-order valence-corrected chi connectivity index (χ4v) is 5.02. The molecule has 0 fully saturated rings. The highest BCUT2D eigenvalue weighted by atomic mass is 32.2. The lowest BCUT2D eigenvalue weighted by Gasteiger charge is -2.30. The Labute approximate surface area is 180 Å². The van der Waals surface area contributed by atoms with Gasteiger partial charge in [0, 0.05) is 6.54 Å². The van der Waals surface area contributed by atoms with Crippen LogP contribution in [0.4, 0.5) is 15.8 Å². The molecule has 3 aromatic carbocycles. The normalized spacial score (nSPS) is 13.4. The number of hydrogen-bond donors (Lipinski definition) is 1. The minimum Gasteiger partial charge on any atom is -0.484 e. The summed E-state index contributed by atoms with van der Waals surface area (Å²) in [7, 11) is -3.71. The van der Waals surface area contributed by atoms with E-state index in [9.17, 15) is 17.6 Å². The van der Waals surface area contributed by atoms with Crippen molar-refractivity contribution in [3.63, 3.8) is 0 Å². The second-order valence-corrected chi connectivity index (χ2v) is 8.96. The summed E-state index contributed by atoms with van der Waals surface area (Å²) in [6, 6.07) is 19.2. The number of nitrogens with zero attached hydrogens (tertiary/aromatic N) is 1. The molecule has 1 amide bonds. The first-order valence-electron chi connectivity index (χ1n) is 9.83. The molecule has 160 valence electrons. The molecule has 0 saturated heterocycles. The Hall–Kier alpha value is -3.39. The van der Waals surface area contributed by atoms with E-state index in [4.69, 9.17) is 4.74 Å². The van der Waals surface area contributed by atoms with Gasteiger partial charge in [-0.15, -0.1) is 0 Å². The molecule has 0 atom stereocenters. The fourth-order valence-electron chi connectivity index (χ4n) is 3.48. The van der Waals surface area contributed by atoms with Crippen molar-refractivity contribution in [2.45, 2.75) is 17.7 Å². The van der Waals surface area contributed by atoms with Gasteiger partial charge >= 0.3 is 0 Å². The van der Waals surface area contributed by atoms with Crippen molar-refractivity contribution in [1.82, 2.24) is 0 Å². The molecule has 0 saturated carbocycles. The molecule has 1 aliphatic rings. The molecule has 1 N–H and O–H groups in total. The number of carbonyl (C=O) groups is 1. The van der Waals surface area contributed by atoms with E-state index in [1.165, 1.54) is 46.8 Å². The lowest BCUT2D eigenvalue weighted by atomic mass is 10.0. The second-order valence-electron chi connectivity index (χ2n) is 7.10. The Morgan fingerprint density at radius 3 is 2.48 bits per heavy atom. The predicted molar refractivity (Wildman–Crippen MR) is 116 cm³/mol. The standard InChI is InChI=1S/C23H21FN2O4S/c24-20-8-2-3-9-21(20)25-23(27)16-30-18-11-13-19(14-12-18)31(28,29)26-15-5-7-17-6-1-4-10-22(17)26/h1-4,6,8-14H,5,7,15-16H2,(H,25,27). The first kappa shape index (κ1) is 20.9. The molecule has 0 unspecified atom stereocenters. The lowest BCUT2D eigenvalue weighted by molar-refractivity contribution is -0.118. The van der Waals surface area contributed by atoms with Crippen LogP contribution >= 0.6 is 0 Å². The number of nitrogens with one attached hydrogen (secondary N) is 1. The highest BCUT2D eigenvalue weighted by Crippen LogP contribution is 2.32. The number of ether oxygens (including phenoxy) is 1. The smallest absolute Gasteiger partial charge is 0.264 e. The number of hydrogen-bond acceptors (Lipinski definition) is 4. The van der Waals surface area contributed by atoms with Crippen molar-refractivity contribution >= 4 is 27.3 Å². The van der Waals surface area contributed by atoms with Crippen molar-refractivity contribution in [1.29, 1.82) is 0 Å². The monoisotopic (exact) mass is 440 g/mol. The van der Waals surface area contributed by atoms with Crippen LogP contribution in [0.1, 0.15) is 12.0 Å². The van der Waals surface area contributed by atoms with Crippen LogP contribution in [0.3, 0.4) is 0 Å². The van der Waals surface area contributed by atoms with Gasteiger partial charge in [0.05, 0.1) is 16.3 Å². The van der Waals surface area contributed by atoms with Gasteiger partial charge in [-0.05, 0) is 60.9 Å². The molecule has 8 heteroatoms. The van der Waals surface area contributed by atoms with Gasteiger partial charge in [0.2, 0.25) is 0 Å². The zero-order valence-electron chi connectivity index (χ0n) is 16.6. The average molecular weight is 440 g/mol. The van der Waals surface area contributed by atoms with Gasteiger partial charge in [-0.25, -0.2) is 12.8 Å². The first-order valence-corrected chi connectivity index (χ1v) is 11.3. The van der Waals surface area contributed by atoms with E-state index < -0.39 is 21.7 Å². The molecule has 4 rings (SSSR count). The first-order chi connectivity index (χ1) is 14.9. The molecule has 1 heterocycles. The van der Waals surface area contributed by atoms with Crippen LogP contribution in [0.25, 0.3) is 0 Å². The molecule has 3 aromatic rings. The van der Waals surface area contributed by atoms with Gasteiger partial charge in [0.25, 0.3) is 15.9 Å². The predicted octanol–water partition coefficient (Wildman–Crippen LogP) is 3.98. The van der Waals surface area contributed by atoms with Crippen LogP contribution in [-0.2, 0) is 21.2 Å². The zero-order valence-corrected chi connectivity index (χ0v) is 17.4. The SMILES string of the molecule is O=C(COc1ccc(S(=O)(=O)N2CCCc3ccccc32)cc1)Nc1ccccc1F. The minimum atomic E-state index is -3.71. The lowest BCUT2D eigenvalue weighted by Crippen LogP contribution is -2.35. The molecular weight excluding hydrogens is 419 g/mol. The summed E-state index contributed by atoms with van der Waals surface area (Å²) in [5, 5.41) is 2.43. The Morgan fingerprint density at radius 2 is 1.71 bits per heavy atom. The van der Waals surface area contributed by atoms with Crippen LogP contribution in [0.15, 0.2) is 77.7 Å². The maximum absolute atomic E-state index is 13.6.